The predicted molar refractivity (Wildman–Crippen MR) is 156 cm³/mol. The van der Waals surface area contributed by atoms with Crippen molar-refractivity contribution in [2.45, 2.75) is 25.4 Å². The number of amidine groups is 1. The maximum absolute atomic E-state index is 13.3. The molecule has 5 N–H and O–H groups in total. The van der Waals surface area contributed by atoms with Crippen LogP contribution in [0.25, 0.3) is 0 Å². The minimum Gasteiger partial charge on any atom is -0.396 e. The number of benzene rings is 3. The van der Waals surface area contributed by atoms with E-state index in [9.17, 15) is 14.7 Å². The second-order valence-corrected chi connectivity index (χ2v) is 8.90. The van der Waals surface area contributed by atoms with Crippen LogP contribution in [0.15, 0.2) is 72.8 Å². The normalized spacial score (nSPS) is 14.2. The molecule has 4 rings (SSSR count). The fraction of sp³-hybridized carbons (Fsp3) is 0.250. The molecule has 10 heteroatoms. The number of hydrogen-bond donors (Lipinski definition) is 4. The van der Waals surface area contributed by atoms with Gasteiger partial charge in [0.05, 0.1) is 0 Å². The van der Waals surface area contributed by atoms with Crippen LogP contribution in [-0.4, -0.2) is 53.9 Å². The SMILES string of the molecule is CN(C(=O)c1ccc2c(c1)N[C@H](CCO)C(=O)N(CCc1ccccc1)C2)c1ccc(C(=N)N)cc1.Cl.Cl. The van der Waals surface area contributed by atoms with Crippen LogP contribution in [0.2, 0.25) is 0 Å². The average Bonchev–Trinajstić information content (AvgIpc) is 3.03. The Labute approximate surface area is 235 Å². The first-order valence-corrected chi connectivity index (χ1v) is 11.9. The van der Waals surface area contributed by atoms with E-state index in [0.717, 1.165) is 23.2 Å². The summed E-state index contributed by atoms with van der Waals surface area (Å²) >= 11 is 0. The summed E-state index contributed by atoms with van der Waals surface area (Å²) in [7, 11) is 1.69. The summed E-state index contributed by atoms with van der Waals surface area (Å²) in [5.41, 5.74) is 10.1. The van der Waals surface area contributed by atoms with Crippen LogP contribution in [-0.2, 0) is 17.8 Å². The maximum atomic E-state index is 13.3. The number of nitrogens with two attached hydrogens (primary N) is 1. The Balaban J connectivity index is 0.00000253. The quantitative estimate of drug-likeness (QED) is 0.247. The molecule has 1 aliphatic heterocycles. The van der Waals surface area contributed by atoms with E-state index in [0.29, 0.717) is 29.9 Å². The van der Waals surface area contributed by atoms with Gasteiger partial charge in [-0.15, -0.1) is 24.8 Å². The molecule has 0 saturated heterocycles. The number of carbonyl (C=O) groups excluding carboxylic acids is 2. The van der Waals surface area contributed by atoms with Gasteiger partial charge in [0.1, 0.15) is 11.9 Å². The number of halogens is 2. The van der Waals surface area contributed by atoms with Crippen LogP contribution in [0.1, 0.15) is 33.5 Å². The van der Waals surface area contributed by atoms with Crippen molar-refractivity contribution < 1.29 is 14.7 Å². The van der Waals surface area contributed by atoms with Gasteiger partial charge in [-0.1, -0.05) is 36.4 Å². The summed E-state index contributed by atoms with van der Waals surface area (Å²) in [5, 5.41) is 20.4. The monoisotopic (exact) mass is 557 g/mol. The molecule has 0 spiro atoms. The van der Waals surface area contributed by atoms with Crippen molar-refractivity contribution in [1.82, 2.24) is 4.90 Å². The van der Waals surface area contributed by atoms with Crippen LogP contribution in [0.4, 0.5) is 11.4 Å². The van der Waals surface area contributed by atoms with E-state index in [-0.39, 0.29) is 55.5 Å². The molecule has 38 heavy (non-hydrogen) atoms. The summed E-state index contributed by atoms with van der Waals surface area (Å²) in [6.45, 7) is 0.862. The highest BCUT2D eigenvalue weighted by atomic mass is 35.5. The van der Waals surface area contributed by atoms with Gasteiger partial charge in [0.25, 0.3) is 5.91 Å². The van der Waals surface area contributed by atoms with Crippen LogP contribution in [0, 0.1) is 5.41 Å². The fourth-order valence-corrected chi connectivity index (χ4v) is 4.33. The molecule has 1 aliphatic rings. The summed E-state index contributed by atoms with van der Waals surface area (Å²) in [5.74, 6) is -0.297. The molecule has 0 aliphatic carbocycles. The number of anilines is 2. The molecule has 8 nitrogen and oxygen atoms in total. The van der Waals surface area contributed by atoms with Crippen molar-refractivity contribution in [3.63, 3.8) is 0 Å². The Morgan fingerprint density at radius 2 is 1.74 bits per heavy atom. The van der Waals surface area contributed by atoms with Gasteiger partial charge in [0.2, 0.25) is 5.91 Å². The lowest BCUT2D eigenvalue weighted by molar-refractivity contribution is -0.132. The van der Waals surface area contributed by atoms with Crippen molar-refractivity contribution in [3.8, 4) is 0 Å². The van der Waals surface area contributed by atoms with Gasteiger partial charge >= 0.3 is 0 Å². The van der Waals surface area contributed by atoms with Gasteiger partial charge in [-0.2, -0.15) is 0 Å². The van der Waals surface area contributed by atoms with Gasteiger partial charge in [0.15, 0.2) is 0 Å². The number of nitrogens with one attached hydrogen (secondary N) is 2. The van der Waals surface area contributed by atoms with Crippen molar-refractivity contribution in [3.05, 3.63) is 95.1 Å². The first-order valence-electron chi connectivity index (χ1n) is 11.9. The molecule has 0 unspecified atom stereocenters. The van der Waals surface area contributed by atoms with Crippen molar-refractivity contribution >= 4 is 53.8 Å². The standard InChI is InChI=1S/C28H31N5O3.2ClH/c1-32(23-11-9-20(10-12-23)26(29)30)27(35)21-7-8-22-18-33(15-13-19-5-3-2-4-6-19)28(36)24(14-16-34)31-25(22)17-21;;/h2-12,17,24,31,34H,13-16,18H2,1H3,(H3,29,30);2*1H/t24-;;/m1../s1. The van der Waals surface area contributed by atoms with E-state index in [2.05, 4.69) is 5.32 Å². The number of fused-ring (bicyclic) bond motifs is 1. The molecule has 202 valence electrons. The molecule has 1 heterocycles. The van der Waals surface area contributed by atoms with E-state index >= 15 is 0 Å². The van der Waals surface area contributed by atoms with Gasteiger partial charge in [-0.3, -0.25) is 15.0 Å². The first kappa shape index (κ1) is 30.6. The topological polar surface area (TPSA) is 123 Å². The summed E-state index contributed by atoms with van der Waals surface area (Å²) in [6.07, 6.45) is 1.01. The Hall–Kier alpha value is -3.59. The second-order valence-electron chi connectivity index (χ2n) is 8.90. The van der Waals surface area contributed by atoms with Crippen molar-refractivity contribution in [2.75, 3.05) is 30.4 Å². The third-order valence-electron chi connectivity index (χ3n) is 6.46. The number of amides is 2. The molecule has 0 saturated carbocycles. The number of aliphatic hydroxyl groups is 1. The minimum absolute atomic E-state index is 0. The number of nitrogens with zero attached hydrogens (tertiary/aromatic N) is 2. The molecule has 0 aromatic heterocycles. The molecule has 0 bridgehead atoms. The number of aliphatic hydroxyl groups excluding tert-OH is 1. The Bertz CT molecular complexity index is 1260. The third kappa shape index (κ3) is 7.04. The zero-order chi connectivity index (χ0) is 25.7. The summed E-state index contributed by atoms with van der Waals surface area (Å²) < 4.78 is 0. The Kier molecular flexibility index (Phi) is 11.1. The zero-order valence-electron chi connectivity index (χ0n) is 21.1. The van der Waals surface area contributed by atoms with E-state index in [1.807, 2.05) is 41.3 Å². The lowest BCUT2D eigenvalue weighted by Gasteiger charge is -2.24. The van der Waals surface area contributed by atoms with E-state index in [1.54, 1.807) is 43.4 Å². The molecule has 0 radical (unpaired) electrons. The van der Waals surface area contributed by atoms with E-state index in [4.69, 9.17) is 11.1 Å². The lowest BCUT2D eigenvalue weighted by atomic mass is 10.1. The third-order valence-corrected chi connectivity index (χ3v) is 6.46. The number of hydrogen-bond acceptors (Lipinski definition) is 5. The molecule has 1 atom stereocenters. The van der Waals surface area contributed by atoms with Crippen molar-refractivity contribution in [1.29, 1.82) is 5.41 Å². The lowest BCUT2D eigenvalue weighted by Crippen LogP contribution is -2.41. The maximum Gasteiger partial charge on any atom is 0.258 e. The van der Waals surface area contributed by atoms with Crippen LogP contribution in [0.3, 0.4) is 0 Å². The van der Waals surface area contributed by atoms with Crippen LogP contribution >= 0.6 is 24.8 Å². The van der Waals surface area contributed by atoms with Crippen LogP contribution in [0.5, 0.6) is 0 Å². The number of rotatable bonds is 8. The molecular weight excluding hydrogens is 525 g/mol. The second kappa shape index (κ2) is 13.8. The molecule has 3 aromatic rings. The zero-order valence-corrected chi connectivity index (χ0v) is 22.7. The molecule has 0 fully saturated rings. The average molecular weight is 559 g/mol. The molecule has 2 amide bonds. The minimum atomic E-state index is -0.575. The van der Waals surface area contributed by atoms with Gasteiger partial charge in [-0.05, 0) is 60.4 Å². The Morgan fingerprint density at radius 1 is 1.08 bits per heavy atom. The summed E-state index contributed by atoms with van der Waals surface area (Å²) in [6, 6.07) is 21.8. The van der Waals surface area contributed by atoms with Gasteiger partial charge < -0.3 is 26.0 Å². The van der Waals surface area contributed by atoms with Gasteiger partial charge in [-0.25, -0.2) is 0 Å². The summed E-state index contributed by atoms with van der Waals surface area (Å²) in [4.78, 5) is 29.9. The van der Waals surface area contributed by atoms with E-state index < -0.39 is 6.04 Å². The van der Waals surface area contributed by atoms with Gasteiger partial charge in [0, 0.05) is 49.2 Å². The highest BCUT2D eigenvalue weighted by Crippen LogP contribution is 2.27. The van der Waals surface area contributed by atoms with Crippen LogP contribution < -0.4 is 16.0 Å². The molecule has 3 aromatic carbocycles. The number of carbonyl (C=O) groups is 2. The smallest absolute Gasteiger partial charge is 0.258 e. The van der Waals surface area contributed by atoms with E-state index in [1.165, 1.54) is 4.90 Å². The first-order chi connectivity index (χ1) is 17.4. The highest BCUT2D eigenvalue weighted by Gasteiger charge is 2.29. The Morgan fingerprint density at radius 3 is 2.37 bits per heavy atom. The van der Waals surface area contributed by atoms with Crippen molar-refractivity contribution in [2.24, 2.45) is 5.73 Å². The largest absolute Gasteiger partial charge is 0.396 e. The fourth-order valence-electron chi connectivity index (χ4n) is 4.33. The molecular formula is C28H33Cl2N5O3. The predicted octanol–water partition coefficient (Wildman–Crippen LogP) is 3.84. The number of nitrogen functional groups attached to an aromatic ring is 1. The highest BCUT2D eigenvalue weighted by molar-refractivity contribution is 6.06.